The van der Waals surface area contributed by atoms with Crippen molar-refractivity contribution in [1.82, 2.24) is 10.2 Å². The zero-order valence-corrected chi connectivity index (χ0v) is 9.51. The topological polar surface area (TPSA) is 15.3 Å². The second-order valence-electron chi connectivity index (χ2n) is 3.66. The van der Waals surface area contributed by atoms with Crippen LogP contribution in [0, 0.1) is 5.92 Å². The van der Waals surface area contributed by atoms with Gasteiger partial charge >= 0.3 is 0 Å². The number of rotatable bonds is 7. The third kappa shape index (κ3) is 7.85. The maximum Gasteiger partial charge on any atom is 0.0152 e. The first-order chi connectivity index (χ1) is 6.20. The number of nitrogens with zero attached hydrogens (tertiary/aromatic N) is 1. The summed E-state index contributed by atoms with van der Waals surface area (Å²) in [7, 11) is 0. The minimum absolute atomic E-state index is 0.738. The van der Waals surface area contributed by atoms with Crippen molar-refractivity contribution in [2.45, 2.75) is 27.7 Å². The van der Waals surface area contributed by atoms with Crippen LogP contribution in [0.1, 0.15) is 27.7 Å². The molecule has 1 N–H and O–H groups in total. The summed E-state index contributed by atoms with van der Waals surface area (Å²) in [4.78, 5) is 2.29. The van der Waals surface area contributed by atoms with Crippen LogP contribution >= 0.6 is 0 Å². The lowest BCUT2D eigenvalue weighted by atomic mass is 10.2. The van der Waals surface area contributed by atoms with E-state index in [1.165, 1.54) is 0 Å². The molecule has 13 heavy (non-hydrogen) atoms. The highest BCUT2D eigenvalue weighted by molar-refractivity contribution is 4.83. The molecule has 0 saturated heterocycles. The molecule has 0 unspecified atom stereocenters. The van der Waals surface area contributed by atoms with Gasteiger partial charge in [-0.15, -0.1) is 0 Å². The first kappa shape index (κ1) is 12.5. The minimum Gasteiger partial charge on any atom is -0.378 e. The fourth-order valence-electron chi connectivity index (χ4n) is 1.09. The van der Waals surface area contributed by atoms with Crippen LogP contribution in [0.25, 0.3) is 0 Å². The summed E-state index contributed by atoms with van der Waals surface area (Å²) in [6.45, 7) is 13.1. The summed E-state index contributed by atoms with van der Waals surface area (Å²) in [6.07, 6.45) is 4.36. The average Bonchev–Trinajstić information content (AvgIpc) is 2.11. The van der Waals surface area contributed by atoms with Crippen LogP contribution < -0.4 is 5.32 Å². The molecule has 0 heterocycles. The van der Waals surface area contributed by atoms with Crippen molar-refractivity contribution in [3.05, 3.63) is 12.3 Å². The van der Waals surface area contributed by atoms with Gasteiger partial charge in [0, 0.05) is 19.6 Å². The molecule has 0 bridgehead atoms. The average molecular weight is 184 g/mol. The first-order valence-electron chi connectivity index (χ1n) is 5.32. The van der Waals surface area contributed by atoms with Gasteiger partial charge in [-0.3, -0.25) is 0 Å². The van der Waals surface area contributed by atoms with E-state index in [0.29, 0.717) is 0 Å². The zero-order valence-electron chi connectivity index (χ0n) is 9.51. The summed E-state index contributed by atoms with van der Waals surface area (Å²) in [5.74, 6) is 0.738. The molecule has 78 valence electrons. The molecule has 0 aliphatic carbocycles. The van der Waals surface area contributed by atoms with Crippen molar-refractivity contribution in [1.29, 1.82) is 0 Å². The van der Waals surface area contributed by atoms with Crippen molar-refractivity contribution >= 4 is 0 Å². The smallest absolute Gasteiger partial charge is 0.0152 e. The summed E-state index contributed by atoms with van der Waals surface area (Å²) in [5.41, 5.74) is 0. The van der Waals surface area contributed by atoms with Gasteiger partial charge in [0.05, 0.1) is 0 Å². The molecule has 2 heteroatoms. The van der Waals surface area contributed by atoms with E-state index in [9.17, 15) is 0 Å². The molecule has 0 aromatic carbocycles. The number of nitrogens with one attached hydrogen (secondary N) is 1. The lowest BCUT2D eigenvalue weighted by molar-refractivity contribution is 0.417. The molecule has 2 nitrogen and oxygen atoms in total. The predicted molar refractivity (Wildman–Crippen MR) is 59.8 cm³/mol. The molecule has 0 aromatic rings. The summed E-state index contributed by atoms with van der Waals surface area (Å²) >= 11 is 0. The Bertz CT molecular complexity index is 126. The Morgan fingerprint density at radius 3 is 2.31 bits per heavy atom. The molecular weight excluding hydrogens is 160 g/mol. The fraction of sp³-hybridized carbons (Fsp3) is 0.818. The van der Waals surface area contributed by atoms with Crippen molar-refractivity contribution in [2.24, 2.45) is 5.92 Å². The second kappa shape index (κ2) is 8.11. The molecule has 0 atom stereocenters. The van der Waals surface area contributed by atoms with Crippen LogP contribution in [0.4, 0.5) is 0 Å². The molecule has 0 rings (SSSR count). The number of hydrogen-bond acceptors (Lipinski definition) is 2. The highest BCUT2D eigenvalue weighted by Crippen LogP contribution is 1.88. The van der Waals surface area contributed by atoms with Crippen molar-refractivity contribution in [3.8, 4) is 0 Å². The maximum absolute atomic E-state index is 3.37. The van der Waals surface area contributed by atoms with Crippen LogP contribution in [0.2, 0.25) is 0 Å². The van der Waals surface area contributed by atoms with Gasteiger partial charge in [-0.2, -0.15) is 0 Å². The lowest BCUT2D eigenvalue weighted by Gasteiger charge is -2.14. The summed E-state index contributed by atoms with van der Waals surface area (Å²) in [5, 5.41) is 3.37. The SMILES string of the molecule is CCN(C=CCNCC(C)C)CC. The van der Waals surface area contributed by atoms with Gasteiger partial charge in [-0.05, 0) is 32.5 Å². The van der Waals surface area contributed by atoms with Crippen molar-refractivity contribution in [2.75, 3.05) is 26.2 Å². The van der Waals surface area contributed by atoms with E-state index in [1.54, 1.807) is 0 Å². The van der Waals surface area contributed by atoms with E-state index in [1.807, 2.05) is 0 Å². The van der Waals surface area contributed by atoms with E-state index < -0.39 is 0 Å². The highest BCUT2D eigenvalue weighted by atomic mass is 15.1. The van der Waals surface area contributed by atoms with Gasteiger partial charge < -0.3 is 10.2 Å². The Morgan fingerprint density at radius 2 is 1.85 bits per heavy atom. The minimum atomic E-state index is 0.738. The number of hydrogen-bond donors (Lipinski definition) is 1. The van der Waals surface area contributed by atoms with Gasteiger partial charge in [0.15, 0.2) is 0 Å². The van der Waals surface area contributed by atoms with Gasteiger partial charge in [0.25, 0.3) is 0 Å². The molecule has 0 radical (unpaired) electrons. The Labute approximate surface area is 83.0 Å². The van der Waals surface area contributed by atoms with Gasteiger partial charge in [-0.25, -0.2) is 0 Å². The Morgan fingerprint density at radius 1 is 1.23 bits per heavy atom. The second-order valence-corrected chi connectivity index (χ2v) is 3.66. The quantitative estimate of drug-likeness (QED) is 0.609. The first-order valence-corrected chi connectivity index (χ1v) is 5.32. The van der Waals surface area contributed by atoms with Crippen LogP contribution in [-0.2, 0) is 0 Å². The summed E-state index contributed by atoms with van der Waals surface area (Å²) in [6, 6.07) is 0. The van der Waals surface area contributed by atoms with Crippen LogP contribution in [0.15, 0.2) is 12.3 Å². The van der Waals surface area contributed by atoms with Crippen LogP contribution in [-0.4, -0.2) is 31.1 Å². The largest absolute Gasteiger partial charge is 0.378 e. The molecule has 0 amide bonds. The monoisotopic (exact) mass is 184 g/mol. The van der Waals surface area contributed by atoms with Gasteiger partial charge in [0.1, 0.15) is 0 Å². The molecule has 0 aliphatic rings. The third-order valence-corrected chi connectivity index (χ3v) is 1.94. The van der Waals surface area contributed by atoms with E-state index in [4.69, 9.17) is 0 Å². The van der Waals surface area contributed by atoms with E-state index in [2.05, 4.69) is 50.2 Å². The summed E-state index contributed by atoms with van der Waals surface area (Å²) < 4.78 is 0. The molecule has 0 aromatic heterocycles. The Kier molecular flexibility index (Phi) is 7.80. The molecule has 0 saturated carbocycles. The molecule has 0 aliphatic heterocycles. The fourth-order valence-corrected chi connectivity index (χ4v) is 1.09. The standard InChI is InChI=1S/C11H24N2/c1-5-13(6-2)9-7-8-12-10-11(3)4/h7,9,11-12H,5-6,8,10H2,1-4H3. The van der Waals surface area contributed by atoms with Gasteiger partial charge in [-0.1, -0.05) is 19.9 Å². The van der Waals surface area contributed by atoms with Crippen LogP contribution in [0.5, 0.6) is 0 Å². The predicted octanol–water partition coefficient (Wildman–Crippen LogP) is 2.09. The maximum atomic E-state index is 3.37. The normalized spacial score (nSPS) is 11.5. The van der Waals surface area contributed by atoms with Gasteiger partial charge in [0.2, 0.25) is 0 Å². The lowest BCUT2D eigenvalue weighted by Crippen LogP contribution is -2.21. The van der Waals surface area contributed by atoms with E-state index in [0.717, 1.165) is 32.1 Å². The molecule has 0 fully saturated rings. The Hall–Kier alpha value is -0.500. The van der Waals surface area contributed by atoms with Crippen LogP contribution in [0.3, 0.4) is 0 Å². The van der Waals surface area contributed by atoms with E-state index >= 15 is 0 Å². The van der Waals surface area contributed by atoms with E-state index in [-0.39, 0.29) is 0 Å². The zero-order chi connectivity index (χ0) is 10.1. The Balaban J connectivity index is 3.39. The highest BCUT2D eigenvalue weighted by Gasteiger charge is 1.90. The molecule has 0 spiro atoms. The molecular formula is C11H24N2. The van der Waals surface area contributed by atoms with Crippen molar-refractivity contribution < 1.29 is 0 Å². The third-order valence-electron chi connectivity index (χ3n) is 1.94. The van der Waals surface area contributed by atoms with Crippen molar-refractivity contribution in [3.63, 3.8) is 0 Å².